The maximum atomic E-state index is 5.88. The van der Waals surface area contributed by atoms with Crippen molar-refractivity contribution in [2.75, 3.05) is 0 Å². The van der Waals surface area contributed by atoms with Gasteiger partial charge in [0.15, 0.2) is 0 Å². The Balaban J connectivity index is 2.02. The Bertz CT molecular complexity index is 268. The third-order valence-corrected chi connectivity index (χ3v) is 3.45. The molecule has 12 heavy (non-hydrogen) atoms. The van der Waals surface area contributed by atoms with Crippen LogP contribution < -0.4 is 0 Å². The largest absolute Gasteiger partial charge is 0.143 e. The molecule has 1 unspecified atom stereocenters. The lowest BCUT2D eigenvalue weighted by Crippen LogP contribution is -1.84. The molecule has 1 aromatic heterocycles. The summed E-state index contributed by atoms with van der Waals surface area (Å²) in [5.41, 5.74) is 0. The van der Waals surface area contributed by atoms with E-state index in [0.29, 0.717) is 0 Å². The van der Waals surface area contributed by atoms with Gasteiger partial charge in [-0.1, -0.05) is 11.3 Å². The van der Waals surface area contributed by atoms with E-state index in [0.717, 1.165) is 22.4 Å². The molecule has 0 amide bonds. The maximum absolute atomic E-state index is 5.88. The van der Waals surface area contributed by atoms with E-state index in [1.54, 1.807) is 11.3 Å². The molecule has 0 bridgehead atoms. The van der Waals surface area contributed by atoms with E-state index in [2.05, 4.69) is 10.2 Å². The fraction of sp³-hybridized carbons (Fsp3) is 0.750. The summed E-state index contributed by atoms with van der Waals surface area (Å²) in [6.07, 6.45) is 3.85. The second kappa shape index (κ2) is 3.30. The molecule has 1 atom stereocenters. The zero-order chi connectivity index (χ0) is 8.55. The first kappa shape index (κ1) is 8.45. The van der Waals surface area contributed by atoms with Crippen LogP contribution in [0.3, 0.4) is 0 Å². The van der Waals surface area contributed by atoms with Crippen molar-refractivity contribution < 1.29 is 0 Å². The molecule has 0 aliphatic heterocycles. The second-order valence-corrected chi connectivity index (χ2v) is 5.05. The topological polar surface area (TPSA) is 25.8 Å². The molecule has 0 aromatic carbocycles. The number of rotatable bonds is 3. The summed E-state index contributed by atoms with van der Waals surface area (Å²) >= 11 is 7.53. The predicted octanol–water partition coefficient (Wildman–Crippen LogP) is 2.79. The molecule has 0 saturated heterocycles. The molecule has 4 heteroatoms. The summed E-state index contributed by atoms with van der Waals surface area (Å²) in [4.78, 5) is 0. The molecular formula is C8H11ClN2S. The Kier molecular flexibility index (Phi) is 2.33. The van der Waals surface area contributed by atoms with Crippen molar-refractivity contribution in [2.24, 2.45) is 5.92 Å². The normalized spacial score (nSPS) is 19.5. The Morgan fingerprint density at radius 1 is 1.58 bits per heavy atom. The van der Waals surface area contributed by atoms with Crippen molar-refractivity contribution >= 4 is 22.9 Å². The molecule has 1 aliphatic rings. The van der Waals surface area contributed by atoms with Crippen molar-refractivity contribution in [1.29, 1.82) is 0 Å². The van der Waals surface area contributed by atoms with E-state index in [4.69, 9.17) is 11.6 Å². The SMILES string of the molecule is CC(Cl)c1nnc(CC2CC2)s1. The number of nitrogens with zero attached hydrogens (tertiary/aromatic N) is 2. The lowest BCUT2D eigenvalue weighted by atomic mass is 10.3. The second-order valence-electron chi connectivity index (χ2n) is 3.30. The number of hydrogen-bond donors (Lipinski definition) is 0. The van der Waals surface area contributed by atoms with Crippen LogP contribution in [0.25, 0.3) is 0 Å². The van der Waals surface area contributed by atoms with E-state index in [-0.39, 0.29) is 5.38 Å². The van der Waals surface area contributed by atoms with Gasteiger partial charge in [0.25, 0.3) is 0 Å². The standard InChI is InChI=1S/C8H11ClN2S/c1-5(9)8-11-10-7(12-8)4-6-2-3-6/h5-6H,2-4H2,1H3. The van der Waals surface area contributed by atoms with Crippen LogP contribution in [0.4, 0.5) is 0 Å². The summed E-state index contributed by atoms with van der Waals surface area (Å²) < 4.78 is 0. The molecule has 1 heterocycles. The molecule has 1 aromatic rings. The van der Waals surface area contributed by atoms with Crippen molar-refractivity contribution in [1.82, 2.24) is 10.2 Å². The monoisotopic (exact) mass is 202 g/mol. The highest BCUT2D eigenvalue weighted by Crippen LogP contribution is 2.34. The lowest BCUT2D eigenvalue weighted by molar-refractivity contribution is 0.802. The van der Waals surface area contributed by atoms with Crippen LogP contribution in [-0.4, -0.2) is 10.2 Å². The quantitative estimate of drug-likeness (QED) is 0.705. The summed E-state index contributed by atoms with van der Waals surface area (Å²) in [6, 6.07) is 0. The minimum atomic E-state index is 0.00968. The van der Waals surface area contributed by atoms with Crippen LogP contribution in [0.5, 0.6) is 0 Å². The Morgan fingerprint density at radius 2 is 2.33 bits per heavy atom. The van der Waals surface area contributed by atoms with Crippen LogP contribution in [0, 0.1) is 5.92 Å². The number of aromatic nitrogens is 2. The highest BCUT2D eigenvalue weighted by molar-refractivity contribution is 7.11. The van der Waals surface area contributed by atoms with Crippen molar-refractivity contribution in [3.63, 3.8) is 0 Å². The molecular weight excluding hydrogens is 192 g/mol. The van der Waals surface area contributed by atoms with Crippen molar-refractivity contribution in [3.05, 3.63) is 10.0 Å². The van der Waals surface area contributed by atoms with Gasteiger partial charge in [0.05, 0.1) is 5.38 Å². The minimum Gasteiger partial charge on any atom is -0.143 e. The van der Waals surface area contributed by atoms with E-state index in [1.165, 1.54) is 12.8 Å². The van der Waals surface area contributed by atoms with Gasteiger partial charge < -0.3 is 0 Å². The summed E-state index contributed by atoms with van der Waals surface area (Å²) in [6.45, 7) is 1.93. The van der Waals surface area contributed by atoms with Crippen LogP contribution in [0.15, 0.2) is 0 Å². The molecule has 66 valence electrons. The van der Waals surface area contributed by atoms with Gasteiger partial charge in [-0.25, -0.2) is 0 Å². The lowest BCUT2D eigenvalue weighted by Gasteiger charge is -1.91. The number of alkyl halides is 1. The highest BCUT2D eigenvalue weighted by atomic mass is 35.5. The molecule has 1 saturated carbocycles. The van der Waals surface area contributed by atoms with E-state index >= 15 is 0 Å². The van der Waals surface area contributed by atoms with Gasteiger partial charge >= 0.3 is 0 Å². The minimum absolute atomic E-state index is 0.00968. The van der Waals surface area contributed by atoms with Crippen molar-refractivity contribution in [2.45, 2.75) is 31.6 Å². The third kappa shape index (κ3) is 1.96. The van der Waals surface area contributed by atoms with Gasteiger partial charge in [-0.15, -0.1) is 21.8 Å². The van der Waals surface area contributed by atoms with Crippen LogP contribution in [0.2, 0.25) is 0 Å². The van der Waals surface area contributed by atoms with Gasteiger partial charge in [-0.3, -0.25) is 0 Å². The van der Waals surface area contributed by atoms with E-state index in [9.17, 15) is 0 Å². The third-order valence-electron chi connectivity index (χ3n) is 1.98. The smallest absolute Gasteiger partial charge is 0.135 e. The van der Waals surface area contributed by atoms with Crippen LogP contribution in [-0.2, 0) is 6.42 Å². The fourth-order valence-electron chi connectivity index (χ4n) is 1.08. The van der Waals surface area contributed by atoms with Crippen LogP contribution in [0.1, 0.15) is 35.2 Å². The average Bonchev–Trinajstić information content (AvgIpc) is 2.66. The van der Waals surface area contributed by atoms with Crippen LogP contribution >= 0.6 is 22.9 Å². The van der Waals surface area contributed by atoms with Gasteiger partial charge in [0, 0.05) is 6.42 Å². The van der Waals surface area contributed by atoms with Gasteiger partial charge in [-0.2, -0.15) is 0 Å². The summed E-state index contributed by atoms with van der Waals surface area (Å²) in [5, 5.41) is 10.2. The summed E-state index contributed by atoms with van der Waals surface area (Å²) in [7, 11) is 0. The number of halogens is 1. The van der Waals surface area contributed by atoms with Gasteiger partial charge in [-0.05, 0) is 25.7 Å². The highest BCUT2D eigenvalue weighted by Gasteiger charge is 2.23. The summed E-state index contributed by atoms with van der Waals surface area (Å²) in [5.74, 6) is 0.886. The molecule has 0 spiro atoms. The Hall–Kier alpha value is -0.150. The first-order chi connectivity index (χ1) is 5.75. The average molecular weight is 203 g/mol. The van der Waals surface area contributed by atoms with Gasteiger partial charge in [0.1, 0.15) is 10.0 Å². The molecule has 2 nitrogen and oxygen atoms in total. The Morgan fingerprint density at radius 3 is 2.83 bits per heavy atom. The molecule has 0 N–H and O–H groups in total. The Labute approximate surface area is 81.0 Å². The van der Waals surface area contributed by atoms with E-state index in [1.807, 2.05) is 6.92 Å². The zero-order valence-electron chi connectivity index (χ0n) is 6.96. The predicted molar refractivity (Wildman–Crippen MR) is 50.6 cm³/mol. The maximum Gasteiger partial charge on any atom is 0.135 e. The zero-order valence-corrected chi connectivity index (χ0v) is 8.53. The number of hydrogen-bond acceptors (Lipinski definition) is 3. The molecule has 2 rings (SSSR count). The fourth-order valence-corrected chi connectivity index (χ4v) is 2.14. The van der Waals surface area contributed by atoms with Crippen molar-refractivity contribution in [3.8, 4) is 0 Å². The van der Waals surface area contributed by atoms with Gasteiger partial charge in [0.2, 0.25) is 0 Å². The molecule has 0 radical (unpaired) electrons. The molecule has 1 aliphatic carbocycles. The first-order valence-corrected chi connectivity index (χ1v) is 5.47. The van der Waals surface area contributed by atoms with E-state index < -0.39 is 0 Å². The molecule has 1 fully saturated rings. The first-order valence-electron chi connectivity index (χ1n) is 4.22.